The molecular weight excluding hydrogens is 362 g/mol. The summed E-state index contributed by atoms with van der Waals surface area (Å²) in [6.45, 7) is 3.25. The zero-order chi connectivity index (χ0) is 21.0. The third-order valence-electron chi connectivity index (χ3n) is 6.24. The molecule has 0 N–H and O–H groups in total. The van der Waals surface area contributed by atoms with Gasteiger partial charge >= 0.3 is 5.97 Å². The molecule has 1 rings (SSSR count). The molecule has 1 fully saturated rings. The van der Waals surface area contributed by atoms with Crippen LogP contribution in [-0.4, -0.2) is 30.7 Å². The molecular formula is C23H38F2O3. The number of alkyl halides is 2. The fraction of sp³-hybridized carbons (Fsp3) is 0.826. The topological polar surface area (TPSA) is 43.4 Å². The smallest absolute Gasteiger partial charge is 0.344 e. The van der Waals surface area contributed by atoms with Gasteiger partial charge in [0, 0.05) is 0 Å². The molecule has 3 nitrogen and oxygen atoms in total. The van der Waals surface area contributed by atoms with Crippen molar-refractivity contribution in [2.45, 2.75) is 102 Å². The van der Waals surface area contributed by atoms with E-state index in [2.05, 4.69) is 11.7 Å². The first-order chi connectivity index (χ1) is 13.3. The zero-order valence-electron chi connectivity index (χ0n) is 17.9. The normalized spacial score (nSPS) is 25.5. The highest BCUT2D eigenvalue weighted by Crippen LogP contribution is 2.44. The number of aldehydes is 1. The van der Waals surface area contributed by atoms with E-state index < -0.39 is 23.2 Å². The van der Waals surface area contributed by atoms with Gasteiger partial charge in [-0.1, -0.05) is 57.6 Å². The summed E-state index contributed by atoms with van der Waals surface area (Å²) in [5.74, 6) is -2.15. The number of halogens is 2. The Morgan fingerprint density at radius 2 is 1.93 bits per heavy atom. The third-order valence-corrected chi connectivity index (χ3v) is 6.24. The van der Waals surface area contributed by atoms with Crippen molar-refractivity contribution in [3.05, 3.63) is 12.2 Å². The second-order valence-electron chi connectivity index (χ2n) is 8.39. The van der Waals surface area contributed by atoms with E-state index in [4.69, 9.17) is 0 Å². The van der Waals surface area contributed by atoms with Gasteiger partial charge in [0.15, 0.2) is 0 Å². The minimum absolute atomic E-state index is 0.00793. The van der Waals surface area contributed by atoms with Crippen molar-refractivity contribution in [2.75, 3.05) is 7.11 Å². The Kier molecular flexibility index (Phi) is 10.9. The van der Waals surface area contributed by atoms with Crippen LogP contribution in [0.2, 0.25) is 0 Å². The highest BCUT2D eigenvalue weighted by atomic mass is 19.1. The number of carbonyl (C=O) groups excluding carboxylic acids is 2. The van der Waals surface area contributed by atoms with E-state index in [-0.39, 0.29) is 12.3 Å². The lowest BCUT2D eigenvalue weighted by molar-refractivity contribution is -0.158. The number of esters is 1. The molecule has 0 aliphatic heterocycles. The van der Waals surface area contributed by atoms with Crippen molar-refractivity contribution in [3.8, 4) is 0 Å². The maximum absolute atomic E-state index is 15.3. The number of methoxy groups -OCH3 is 1. The minimum atomic E-state index is -2.35. The molecule has 0 amide bonds. The van der Waals surface area contributed by atoms with Crippen molar-refractivity contribution in [1.82, 2.24) is 0 Å². The number of allylic oxidation sites excluding steroid dienone is 2. The molecule has 1 aliphatic rings. The zero-order valence-corrected chi connectivity index (χ0v) is 17.9. The van der Waals surface area contributed by atoms with Gasteiger partial charge in [0.25, 0.3) is 0 Å². The Bertz CT molecular complexity index is 504. The molecule has 0 spiro atoms. The van der Waals surface area contributed by atoms with Crippen LogP contribution in [0, 0.1) is 11.8 Å². The Morgan fingerprint density at radius 1 is 1.25 bits per heavy atom. The largest absolute Gasteiger partial charge is 0.467 e. The van der Waals surface area contributed by atoms with E-state index in [0.29, 0.717) is 25.5 Å². The Labute approximate surface area is 169 Å². The van der Waals surface area contributed by atoms with E-state index >= 15 is 4.39 Å². The number of rotatable bonds is 14. The minimum Gasteiger partial charge on any atom is -0.467 e. The molecule has 5 heteroatoms. The van der Waals surface area contributed by atoms with Crippen LogP contribution in [0.1, 0.15) is 90.9 Å². The quantitative estimate of drug-likeness (QED) is 0.149. The molecule has 4 atom stereocenters. The summed E-state index contributed by atoms with van der Waals surface area (Å²) in [5.41, 5.74) is -3.45. The second kappa shape index (κ2) is 12.3. The number of unbranched alkanes of at least 4 members (excludes halogenated alkanes) is 5. The lowest BCUT2D eigenvalue weighted by atomic mass is 9.84. The summed E-state index contributed by atoms with van der Waals surface area (Å²) in [5, 5.41) is 0. The summed E-state index contributed by atoms with van der Waals surface area (Å²) in [6.07, 6.45) is 14.7. The van der Waals surface area contributed by atoms with E-state index in [1.165, 1.54) is 25.7 Å². The van der Waals surface area contributed by atoms with Crippen LogP contribution in [0.5, 0.6) is 0 Å². The molecule has 0 radical (unpaired) electrons. The van der Waals surface area contributed by atoms with Gasteiger partial charge in [0.2, 0.25) is 5.67 Å². The molecule has 0 saturated heterocycles. The average molecular weight is 401 g/mol. The standard InChI is InChI=1S/C23H38F2O3/c1-4-5-6-7-8-11-16-23(25)17-12-15-19(23)13-9-10-14-20(18-26)22(2,24)21(27)28-3/h9-10,18-20H,4-8,11-17H2,1-3H3/t19-,20?,22?,23+/m0/s1. The van der Waals surface area contributed by atoms with E-state index in [1.807, 2.05) is 6.08 Å². The molecule has 28 heavy (non-hydrogen) atoms. The highest BCUT2D eigenvalue weighted by molar-refractivity contribution is 5.83. The van der Waals surface area contributed by atoms with Crippen LogP contribution in [0.3, 0.4) is 0 Å². The van der Waals surface area contributed by atoms with Gasteiger partial charge in [0.1, 0.15) is 12.0 Å². The van der Waals surface area contributed by atoms with Gasteiger partial charge < -0.3 is 9.53 Å². The first kappa shape index (κ1) is 24.8. The molecule has 0 aromatic carbocycles. The van der Waals surface area contributed by atoms with Crippen LogP contribution in [0.4, 0.5) is 8.78 Å². The summed E-state index contributed by atoms with van der Waals surface area (Å²) in [6, 6.07) is 0. The van der Waals surface area contributed by atoms with Crippen molar-refractivity contribution in [1.29, 1.82) is 0 Å². The maximum atomic E-state index is 15.3. The molecule has 0 bridgehead atoms. The molecule has 0 heterocycles. The SMILES string of the molecule is CCCCCCCC[C@@]1(F)CCC[C@@H]1CC=CCC(C=O)C(C)(F)C(=O)OC. The van der Waals surface area contributed by atoms with Crippen LogP contribution in [0.25, 0.3) is 0 Å². The summed E-state index contributed by atoms with van der Waals surface area (Å²) in [7, 11) is 1.10. The number of hydrogen-bond acceptors (Lipinski definition) is 3. The number of hydrogen-bond donors (Lipinski definition) is 0. The maximum Gasteiger partial charge on any atom is 0.344 e. The highest BCUT2D eigenvalue weighted by Gasteiger charge is 2.43. The van der Waals surface area contributed by atoms with Crippen LogP contribution in [-0.2, 0) is 14.3 Å². The van der Waals surface area contributed by atoms with Crippen molar-refractivity contribution < 1.29 is 23.1 Å². The van der Waals surface area contributed by atoms with Gasteiger partial charge in [-0.3, -0.25) is 0 Å². The van der Waals surface area contributed by atoms with Gasteiger partial charge in [-0.05, 0) is 51.4 Å². The fourth-order valence-electron chi connectivity index (χ4n) is 4.22. The molecule has 2 unspecified atom stereocenters. The summed E-state index contributed by atoms with van der Waals surface area (Å²) < 4.78 is 34.2. The molecule has 0 aromatic rings. The molecule has 162 valence electrons. The first-order valence-electron chi connectivity index (χ1n) is 10.9. The Hall–Kier alpha value is -1.26. The van der Waals surface area contributed by atoms with Gasteiger partial charge in [-0.15, -0.1) is 0 Å². The molecule has 1 aliphatic carbocycles. The Balaban J connectivity index is 2.46. The van der Waals surface area contributed by atoms with Crippen LogP contribution >= 0.6 is 0 Å². The van der Waals surface area contributed by atoms with Crippen molar-refractivity contribution in [2.24, 2.45) is 11.8 Å². The monoisotopic (exact) mass is 400 g/mol. The van der Waals surface area contributed by atoms with Gasteiger partial charge in [0.05, 0.1) is 13.0 Å². The third kappa shape index (κ3) is 7.29. The lowest BCUT2D eigenvalue weighted by Gasteiger charge is -2.27. The van der Waals surface area contributed by atoms with Crippen LogP contribution < -0.4 is 0 Å². The van der Waals surface area contributed by atoms with E-state index in [0.717, 1.165) is 39.7 Å². The van der Waals surface area contributed by atoms with Crippen molar-refractivity contribution in [3.63, 3.8) is 0 Å². The average Bonchev–Trinajstić information content (AvgIpc) is 3.04. The summed E-state index contributed by atoms with van der Waals surface area (Å²) >= 11 is 0. The molecule has 1 saturated carbocycles. The lowest BCUT2D eigenvalue weighted by Crippen LogP contribution is -2.40. The predicted molar refractivity (Wildman–Crippen MR) is 109 cm³/mol. The fourth-order valence-corrected chi connectivity index (χ4v) is 4.22. The van der Waals surface area contributed by atoms with Gasteiger partial charge in [-0.25, -0.2) is 13.6 Å². The molecule has 0 aromatic heterocycles. The number of carbonyl (C=O) groups is 2. The van der Waals surface area contributed by atoms with E-state index in [9.17, 15) is 14.0 Å². The van der Waals surface area contributed by atoms with Crippen molar-refractivity contribution >= 4 is 12.3 Å². The Morgan fingerprint density at radius 3 is 2.57 bits per heavy atom. The second-order valence-corrected chi connectivity index (χ2v) is 8.39. The van der Waals surface area contributed by atoms with E-state index in [1.54, 1.807) is 6.08 Å². The predicted octanol–water partition coefficient (Wildman–Crippen LogP) is 6.30. The summed E-state index contributed by atoms with van der Waals surface area (Å²) in [4.78, 5) is 22.7. The van der Waals surface area contributed by atoms with Gasteiger partial charge in [-0.2, -0.15) is 0 Å². The first-order valence-corrected chi connectivity index (χ1v) is 10.9. The van der Waals surface area contributed by atoms with Crippen LogP contribution in [0.15, 0.2) is 12.2 Å². The number of ether oxygens (including phenoxy) is 1.